The number of aromatic nitrogens is 4. The van der Waals surface area contributed by atoms with Crippen LogP contribution in [0.25, 0.3) is 22.8 Å². The highest BCUT2D eigenvalue weighted by atomic mass is 35.5. The summed E-state index contributed by atoms with van der Waals surface area (Å²) in [6, 6.07) is 2.86. The maximum absolute atomic E-state index is 16.9. The number of nitrogens with one attached hydrogen (secondary N) is 1. The van der Waals surface area contributed by atoms with Gasteiger partial charge in [0.1, 0.15) is 18.0 Å². The van der Waals surface area contributed by atoms with Gasteiger partial charge >= 0.3 is 6.01 Å². The number of alkyl halides is 1. The lowest BCUT2D eigenvalue weighted by Crippen LogP contribution is -2.56. The van der Waals surface area contributed by atoms with Crippen LogP contribution in [-0.2, 0) is 9.47 Å². The van der Waals surface area contributed by atoms with Crippen molar-refractivity contribution in [3.05, 3.63) is 39.7 Å². The topological polar surface area (TPSA) is 121 Å². The molecule has 0 amide bonds. The Morgan fingerprint density at radius 2 is 2.00 bits per heavy atom. The quantitative estimate of drug-likeness (QED) is 0.114. The number of aliphatic imine (C=N–C) groups is 1. The van der Waals surface area contributed by atoms with E-state index in [4.69, 9.17) is 35.8 Å². The van der Waals surface area contributed by atoms with Gasteiger partial charge in [0.2, 0.25) is 5.90 Å². The Labute approximate surface area is 304 Å². The SMILES string of the molecule is CCCCN(CO)c1nc(OCC23CCCC2N(C2CCOCC2)CCC3)nc(/C(F)=C/c2c(Cl)c(C)cc3[nH]ncc23)c1C(=NC)OC.CF. The number of methoxy groups -OCH3 is 1. The van der Waals surface area contributed by atoms with Gasteiger partial charge in [-0.3, -0.25) is 19.4 Å². The summed E-state index contributed by atoms with van der Waals surface area (Å²) in [5.74, 6) is -0.253. The van der Waals surface area contributed by atoms with E-state index in [1.165, 1.54) is 13.2 Å². The molecule has 4 heterocycles. The number of unbranched alkanes of at least 4 members (excludes halogenated alkanes) is 1. The molecule has 280 valence electrons. The van der Waals surface area contributed by atoms with E-state index < -0.39 is 5.83 Å². The zero-order valence-electron chi connectivity index (χ0n) is 30.5. The van der Waals surface area contributed by atoms with E-state index in [9.17, 15) is 9.50 Å². The van der Waals surface area contributed by atoms with Crippen molar-refractivity contribution in [2.24, 2.45) is 10.4 Å². The number of anilines is 1. The van der Waals surface area contributed by atoms with E-state index in [-0.39, 0.29) is 35.3 Å². The average Bonchev–Trinajstić information content (AvgIpc) is 3.82. The number of benzene rings is 1. The van der Waals surface area contributed by atoms with E-state index in [1.807, 2.05) is 13.0 Å². The first-order chi connectivity index (χ1) is 24.8. The number of aryl methyl sites for hydroxylation is 1. The number of piperidine rings is 1. The van der Waals surface area contributed by atoms with Gasteiger partial charge in [0.15, 0.2) is 11.6 Å². The fraction of sp³-hybridized carbons (Fsp3) is 0.622. The average molecular weight is 732 g/mol. The first kappa shape index (κ1) is 38.8. The molecule has 2 N–H and O–H groups in total. The summed E-state index contributed by atoms with van der Waals surface area (Å²) < 4.78 is 44.3. The van der Waals surface area contributed by atoms with Crippen LogP contribution in [0.4, 0.5) is 14.6 Å². The van der Waals surface area contributed by atoms with Gasteiger partial charge in [-0.1, -0.05) is 31.4 Å². The number of aliphatic hydroxyl groups is 1. The molecule has 2 aromatic heterocycles. The van der Waals surface area contributed by atoms with E-state index in [0.29, 0.717) is 54.2 Å². The third kappa shape index (κ3) is 8.16. The van der Waals surface area contributed by atoms with Crippen molar-refractivity contribution >= 4 is 46.1 Å². The highest BCUT2D eigenvalue weighted by Gasteiger charge is 2.50. The molecule has 2 aliphatic heterocycles. The van der Waals surface area contributed by atoms with E-state index in [2.05, 4.69) is 27.0 Å². The molecule has 0 spiro atoms. The number of nitrogens with zero attached hydrogens (tertiary/aromatic N) is 6. The van der Waals surface area contributed by atoms with Crippen LogP contribution in [0.15, 0.2) is 17.3 Å². The number of H-pyrrole nitrogens is 1. The smallest absolute Gasteiger partial charge is 0.319 e. The minimum absolute atomic E-state index is 0.0449. The van der Waals surface area contributed by atoms with Gasteiger partial charge in [0.05, 0.1) is 37.6 Å². The van der Waals surface area contributed by atoms with Crippen molar-refractivity contribution in [3.8, 4) is 6.01 Å². The maximum Gasteiger partial charge on any atom is 0.319 e. The largest absolute Gasteiger partial charge is 0.481 e. The third-order valence-electron chi connectivity index (χ3n) is 10.6. The minimum Gasteiger partial charge on any atom is -0.481 e. The third-order valence-corrected chi connectivity index (χ3v) is 11.1. The first-order valence-corrected chi connectivity index (χ1v) is 18.3. The van der Waals surface area contributed by atoms with Gasteiger partial charge < -0.3 is 24.2 Å². The second-order valence-electron chi connectivity index (χ2n) is 13.5. The molecule has 51 heavy (non-hydrogen) atoms. The highest BCUT2D eigenvalue weighted by Crippen LogP contribution is 2.49. The van der Waals surface area contributed by atoms with Crippen LogP contribution in [0.5, 0.6) is 6.01 Å². The molecule has 0 radical (unpaired) electrons. The second-order valence-corrected chi connectivity index (χ2v) is 13.9. The number of hydrogen-bond donors (Lipinski definition) is 2. The van der Waals surface area contributed by atoms with E-state index >= 15 is 4.39 Å². The van der Waals surface area contributed by atoms with Crippen LogP contribution in [-0.4, -0.2) is 109 Å². The maximum atomic E-state index is 16.9. The molecular formula is C37H52ClF2N7O4. The minimum atomic E-state index is -0.676. The van der Waals surface area contributed by atoms with Crippen molar-refractivity contribution in [1.82, 2.24) is 25.1 Å². The van der Waals surface area contributed by atoms with Gasteiger partial charge in [0, 0.05) is 55.3 Å². The number of aromatic amines is 1. The summed E-state index contributed by atoms with van der Waals surface area (Å²) in [7, 11) is 3.53. The number of likely N-dealkylation sites (tertiary alicyclic amines) is 1. The number of halogens is 3. The lowest BCUT2D eigenvalue weighted by atomic mass is 9.74. The molecule has 11 nitrogen and oxygen atoms in total. The van der Waals surface area contributed by atoms with Crippen molar-refractivity contribution in [3.63, 3.8) is 0 Å². The van der Waals surface area contributed by atoms with Crippen LogP contribution in [0.1, 0.15) is 87.1 Å². The fourth-order valence-electron chi connectivity index (χ4n) is 8.16. The lowest BCUT2D eigenvalue weighted by molar-refractivity contribution is -0.0512. The van der Waals surface area contributed by atoms with Gasteiger partial charge in [-0.2, -0.15) is 15.1 Å². The Morgan fingerprint density at radius 1 is 1.24 bits per heavy atom. The van der Waals surface area contributed by atoms with Gasteiger partial charge in [-0.05, 0) is 76.1 Å². The highest BCUT2D eigenvalue weighted by molar-refractivity contribution is 6.34. The number of rotatable bonds is 12. The molecule has 2 unspecified atom stereocenters. The molecule has 3 aliphatic rings. The van der Waals surface area contributed by atoms with E-state index in [1.54, 1.807) is 18.1 Å². The molecule has 1 saturated carbocycles. The zero-order valence-corrected chi connectivity index (χ0v) is 31.2. The normalized spacial score (nSPS) is 21.7. The number of aliphatic hydroxyl groups excluding tert-OH is 1. The predicted molar refractivity (Wildman–Crippen MR) is 198 cm³/mol. The molecule has 1 aromatic carbocycles. The molecule has 2 saturated heterocycles. The van der Waals surface area contributed by atoms with Crippen molar-refractivity contribution in [2.75, 3.05) is 65.9 Å². The van der Waals surface area contributed by atoms with Gasteiger partial charge in [-0.25, -0.2) is 4.39 Å². The Morgan fingerprint density at radius 3 is 2.71 bits per heavy atom. The fourth-order valence-corrected chi connectivity index (χ4v) is 8.37. The van der Waals surface area contributed by atoms with Crippen LogP contribution >= 0.6 is 11.6 Å². The number of ether oxygens (including phenoxy) is 3. The Bertz CT molecular complexity index is 1680. The molecule has 1 aliphatic carbocycles. The summed E-state index contributed by atoms with van der Waals surface area (Å²) in [5.41, 5.74) is 2.10. The van der Waals surface area contributed by atoms with Gasteiger partial charge in [0.25, 0.3) is 0 Å². The standard InChI is InChI=1S/C36H49ClFN7O4.CH3F/c1-5-6-14-44(22-46)33-30(34(39-3)47-4)32(27(38)19-25-26-20-40-43-28(26)18-23(2)31(25)37)41-35(42-33)49-21-36-12-7-9-29(36)45(15-8-13-36)24-10-16-48-17-11-24;1-2/h18-20,24,29,46H,5-17,21-22H2,1-4H3,(H,40,43);1H3/b27-19-,39-34?;. The number of hydrogen-bond acceptors (Lipinski definition) is 10. The Balaban J connectivity index is 0.00000248. The summed E-state index contributed by atoms with van der Waals surface area (Å²) in [6.45, 7) is 7.21. The molecule has 3 fully saturated rings. The zero-order chi connectivity index (χ0) is 36.5. The predicted octanol–water partition coefficient (Wildman–Crippen LogP) is 7.14. The summed E-state index contributed by atoms with van der Waals surface area (Å²) >= 11 is 6.75. The summed E-state index contributed by atoms with van der Waals surface area (Å²) in [5, 5.41) is 18.8. The number of fused-ring (bicyclic) bond motifs is 2. The second kappa shape index (κ2) is 17.9. The molecule has 6 rings (SSSR count). The Hall–Kier alpha value is -3.39. The van der Waals surface area contributed by atoms with Crippen LogP contribution < -0.4 is 9.64 Å². The Kier molecular flexibility index (Phi) is 13.6. The molecule has 2 atom stereocenters. The van der Waals surface area contributed by atoms with Crippen molar-refractivity contribution < 1.29 is 28.1 Å². The van der Waals surface area contributed by atoms with Crippen molar-refractivity contribution in [2.45, 2.75) is 83.7 Å². The first-order valence-electron chi connectivity index (χ1n) is 18.0. The molecule has 3 aromatic rings. The summed E-state index contributed by atoms with van der Waals surface area (Å²) in [6.07, 6.45) is 12.3. The molecule has 14 heteroatoms. The van der Waals surface area contributed by atoms with Gasteiger partial charge in [-0.15, -0.1) is 0 Å². The van der Waals surface area contributed by atoms with Crippen LogP contribution in [0.2, 0.25) is 5.02 Å². The lowest BCUT2D eigenvalue weighted by Gasteiger charge is -2.50. The van der Waals surface area contributed by atoms with E-state index in [0.717, 1.165) is 88.6 Å². The monoisotopic (exact) mass is 731 g/mol. The molecule has 0 bridgehead atoms. The molecular weight excluding hydrogens is 680 g/mol. The van der Waals surface area contributed by atoms with Crippen LogP contribution in [0, 0.1) is 12.3 Å². The van der Waals surface area contributed by atoms with Crippen LogP contribution in [0.3, 0.4) is 0 Å². The van der Waals surface area contributed by atoms with Crippen molar-refractivity contribution in [1.29, 1.82) is 0 Å². The summed E-state index contributed by atoms with van der Waals surface area (Å²) in [4.78, 5) is 18.3.